The summed E-state index contributed by atoms with van der Waals surface area (Å²) in [6.45, 7) is -0.278. The number of carbonyl (C=O) groups excluding carboxylic acids is 1. The lowest BCUT2D eigenvalue weighted by Gasteiger charge is -2.05. The lowest BCUT2D eigenvalue weighted by atomic mass is 10.3. The van der Waals surface area contributed by atoms with Crippen molar-refractivity contribution >= 4 is 17.4 Å². The lowest BCUT2D eigenvalue weighted by molar-refractivity contribution is -0.385. The first kappa shape index (κ1) is 15.0. The lowest BCUT2D eigenvalue weighted by Crippen LogP contribution is -2.21. The van der Waals surface area contributed by atoms with Gasteiger partial charge in [-0.05, 0) is 0 Å². The molecule has 0 aliphatic carbocycles. The number of aryl methyl sites for hydroxylation is 1. The van der Waals surface area contributed by atoms with Gasteiger partial charge in [0.2, 0.25) is 5.91 Å². The second kappa shape index (κ2) is 5.92. The Morgan fingerprint density at radius 2 is 2.36 bits per heavy atom. The topological polar surface area (TPSA) is 141 Å². The number of hydrogen-bond donors (Lipinski definition) is 1. The van der Waals surface area contributed by atoms with Gasteiger partial charge in [0.1, 0.15) is 30.2 Å². The molecule has 0 aromatic carbocycles. The van der Waals surface area contributed by atoms with Crippen LogP contribution in [0.25, 0.3) is 0 Å². The van der Waals surface area contributed by atoms with Crippen LogP contribution in [0.2, 0.25) is 0 Å². The molecule has 22 heavy (non-hydrogen) atoms. The summed E-state index contributed by atoms with van der Waals surface area (Å²) >= 11 is 0. The Morgan fingerprint density at radius 1 is 1.64 bits per heavy atom. The summed E-state index contributed by atoms with van der Waals surface area (Å²) in [5.74, 6) is -0.461. The van der Waals surface area contributed by atoms with Crippen LogP contribution < -0.4 is 10.1 Å². The Labute approximate surface area is 123 Å². The van der Waals surface area contributed by atoms with E-state index in [1.165, 1.54) is 18.0 Å². The van der Waals surface area contributed by atoms with Crippen LogP contribution in [0.4, 0.5) is 11.5 Å². The van der Waals surface area contributed by atoms with Gasteiger partial charge >= 0.3 is 11.6 Å². The summed E-state index contributed by atoms with van der Waals surface area (Å²) in [6.07, 6.45) is 2.41. The minimum atomic E-state index is -0.658. The van der Waals surface area contributed by atoms with Crippen LogP contribution in [0.15, 0.2) is 12.4 Å². The number of aromatic nitrogens is 4. The van der Waals surface area contributed by atoms with Gasteiger partial charge in [-0.25, -0.2) is 0 Å². The normalized spacial score (nSPS) is 10.0. The molecule has 0 aliphatic heterocycles. The highest BCUT2D eigenvalue weighted by Gasteiger charge is 2.21. The van der Waals surface area contributed by atoms with Crippen molar-refractivity contribution in [2.45, 2.75) is 6.54 Å². The van der Waals surface area contributed by atoms with Crippen LogP contribution in [0.1, 0.15) is 5.56 Å². The van der Waals surface area contributed by atoms with E-state index in [-0.39, 0.29) is 29.5 Å². The van der Waals surface area contributed by atoms with E-state index in [4.69, 9.17) is 10.00 Å². The molecule has 0 spiro atoms. The van der Waals surface area contributed by atoms with Crippen LogP contribution in [0.5, 0.6) is 5.88 Å². The fraction of sp³-hybridized carbons (Fsp3) is 0.273. The second-order valence-corrected chi connectivity index (χ2v) is 4.17. The Kier molecular flexibility index (Phi) is 4.03. The van der Waals surface area contributed by atoms with E-state index in [0.717, 1.165) is 10.9 Å². The molecule has 2 aromatic heterocycles. The molecule has 0 atom stereocenters. The van der Waals surface area contributed by atoms with Gasteiger partial charge in [0, 0.05) is 7.05 Å². The predicted molar refractivity (Wildman–Crippen MR) is 72.0 cm³/mol. The van der Waals surface area contributed by atoms with Crippen molar-refractivity contribution in [2.75, 3.05) is 12.4 Å². The molecular weight excluding hydrogens is 294 g/mol. The number of methoxy groups -OCH3 is 1. The van der Waals surface area contributed by atoms with Crippen LogP contribution in [-0.2, 0) is 18.4 Å². The van der Waals surface area contributed by atoms with E-state index >= 15 is 0 Å². The number of rotatable bonds is 5. The molecule has 11 nitrogen and oxygen atoms in total. The highest BCUT2D eigenvalue weighted by atomic mass is 16.6. The summed E-state index contributed by atoms with van der Waals surface area (Å²) in [7, 11) is 2.81. The molecule has 0 bridgehead atoms. The maximum atomic E-state index is 11.9. The molecule has 0 radical (unpaired) electrons. The fourth-order valence-corrected chi connectivity index (χ4v) is 1.73. The standard InChI is InChI=1S/C11H11N7O4/c1-16-10(7(3-12)4-13-16)14-9(19)6-17-5-8(18(20)21)11(15-17)22-2/h4-5H,6H2,1-2H3,(H,14,19). The number of hydrogen-bond acceptors (Lipinski definition) is 7. The molecule has 2 aromatic rings. The first-order valence-corrected chi connectivity index (χ1v) is 5.94. The van der Waals surface area contributed by atoms with Crippen molar-refractivity contribution in [3.05, 3.63) is 28.1 Å². The quantitative estimate of drug-likeness (QED) is 0.607. The Bertz CT molecular complexity index is 770. The minimum absolute atomic E-state index is 0.184. The Hall–Kier alpha value is -3.42. The molecule has 11 heteroatoms. The van der Waals surface area contributed by atoms with Gasteiger partial charge in [-0.2, -0.15) is 10.4 Å². The molecule has 114 valence electrons. The first-order chi connectivity index (χ1) is 10.5. The largest absolute Gasteiger partial charge is 0.475 e. The molecule has 1 amide bonds. The van der Waals surface area contributed by atoms with Crippen LogP contribution in [0, 0.1) is 21.4 Å². The Morgan fingerprint density at radius 3 is 2.91 bits per heavy atom. The van der Waals surface area contributed by atoms with Gasteiger partial charge in [0.05, 0.1) is 18.2 Å². The van der Waals surface area contributed by atoms with E-state index in [1.54, 1.807) is 7.05 Å². The highest BCUT2D eigenvalue weighted by molar-refractivity contribution is 5.90. The molecule has 2 rings (SSSR count). The van der Waals surface area contributed by atoms with Gasteiger partial charge in [0.15, 0.2) is 0 Å². The summed E-state index contributed by atoms with van der Waals surface area (Å²) < 4.78 is 7.18. The molecule has 0 saturated carbocycles. The number of amides is 1. The average Bonchev–Trinajstić information content (AvgIpc) is 3.03. The van der Waals surface area contributed by atoms with Gasteiger partial charge < -0.3 is 10.1 Å². The predicted octanol–water partition coefficient (Wildman–Crippen LogP) is 0.0438. The van der Waals surface area contributed by atoms with E-state index in [2.05, 4.69) is 15.5 Å². The van der Waals surface area contributed by atoms with Crippen molar-refractivity contribution in [3.63, 3.8) is 0 Å². The monoisotopic (exact) mass is 305 g/mol. The number of nitro groups is 1. The minimum Gasteiger partial charge on any atom is -0.475 e. The van der Waals surface area contributed by atoms with Gasteiger partial charge in [0.25, 0.3) is 0 Å². The summed E-state index contributed by atoms with van der Waals surface area (Å²) in [5.41, 5.74) is -0.131. The maximum absolute atomic E-state index is 11.9. The van der Waals surface area contributed by atoms with E-state index in [1.807, 2.05) is 6.07 Å². The van der Waals surface area contributed by atoms with E-state index in [9.17, 15) is 14.9 Å². The third kappa shape index (κ3) is 2.85. The molecule has 0 fully saturated rings. The van der Waals surface area contributed by atoms with E-state index in [0.29, 0.717) is 0 Å². The smallest absolute Gasteiger partial charge is 0.350 e. The summed E-state index contributed by atoms with van der Waals surface area (Å²) in [4.78, 5) is 22.1. The zero-order valence-electron chi connectivity index (χ0n) is 11.7. The van der Waals surface area contributed by atoms with Gasteiger partial charge in [-0.15, -0.1) is 5.10 Å². The fourth-order valence-electron chi connectivity index (χ4n) is 1.73. The number of nitrogens with zero attached hydrogens (tertiary/aromatic N) is 6. The molecular formula is C11H11N7O4. The van der Waals surface area contributed by atoms with Gasteiger partial charge in [-0.1, -0.05) is 0 Å². The third-order valence-corrected chi connectivity index (χ3v) is 2.72. The summed E-state index contributed by atoms with van der Waals surface area (Å²) in [6, 6.07) is 1.89. The SMILES string of the molecule is COc1nn(CC(=O)Nc2c(C#N)cnn2C)cc1[N+](=O)[O-]. The highest BCUT2D eigenvalue weighted by Crippen LogP contribution is 2.23. The van der Waals surface area contributed by atoms with Crippen molar-refractivity contribution in [2.24, 2.45) is 7.05 Å². The number of ether oxygens (including phenoxy) is 1. The van der Waals surface area contributed by atoms with Crippen LogP contribution in [0.3, 0.4) is 0 Å². The molecule has 0 saturated heterocycles. The molecule has 1 N–H and O–H groups in total. The maximum Gasteiger partial charge on any atom is 0.350 e. The number of carbonyl (C=O) groups is 1. The van der Waals surface area contributed by atoms with Crippen molar-refractivity contribution in [1.29, 1.82) is 5.26 Å². The number of nitriles is 1. The van der Waals surface area contributed by atoms with Gasteiger partial charge in [-0.3, -0.25) is 24.3 Å². The number of nitrogens with one attached hydrogen (secondary N) is 1. The third-order valence-electron chi connectivity index (χ3n) is 2.72. The van der Waals surface area contributed by atoms with Crippen LogP contribution in [-0.4, -0.2) is 37.5 Å². The first-order valence-electron chi connectivity index (χ1n) is 5.94. The molecule has 0 unspecified atom stereocenters. The molecule has 2 heterocycles. The zero-order chi connectivity index (χ0) is 16.3. The van der Waals surface area contributed by atoms with Crippen molar-refractivity contribution < 1.29 is 14.5 Å². The van der Waals surface area contributed by atoms with Crippen LogP contribution >= 0.6 is 0 Å². The van der Waals surface area contributed by atoms with Crippen molar-refractivity contribution in [3.8, 4) is 11.9 Å². The average molecular weight is 305 g/mol. The second-order valence-electron chi connectivity index (χ2n) is 4.17. The van der Waals surface area contributed by atoms with Crippen molar-refractivity contribution in [1.82, 2.24) is 19.6 Å². The zero-order valence-corrected chi connectivity index (χ0v) is 11.7. The Balaban J connectivity index is 2.14. The number of anilines is 1. The molecule has 0 aliphatic rings. The van der Waals surface area contributed by atoms with E-state index < -0.39 is 10.8 Å². The summed E-state index contributed by atoms with van der Waals surface area (Å²) in [5, 5.41) is 29.8.